The Morgan fingerprint density at radius 3 is 1.32 bits per heavy atom. The van der Waals surface area contributed by atoms with Gasteiger partial charge in [-0.25, -0.2) is 0 Å². The molecule has 5 aromatic rings. The number of aromatic nitrogens is 2. The number of halogens is 2. The quantitative estimate of drug-likeness (QED) is 0.195. The predicted octanol–water partition coefficient (Wildman–Crippen LogP) is 6.12. The molecule has 3 aromatic carbocycles. The number of benzene rings is 3. The molecule has 0 saturated carbocycles. The van der Waals surface area contributed by atoms with Crippen molar-refractivity contribution in [1.29, 1.82) is 0 Å². The standard InChI is InChI=1S/C14H12N2.2C6H5.2ClH.Sn/c1-9-10(2)12-6-4-8-16-14(12)13-11(9)5-3-7-15-13;2*1-2-4-6-5-3-1;;;/h3-8H,1-2H3;2*1-5H;2*1H;/q;;;;;+2/p-2. The van der Waals surface area contributed by atoms with Gasteiger partial charge in [-0.1, -0.05) is 12.1 Å². The van der Waals surface area contributed by atoms with Crippen LogP contribution in [0.3, 0.4) is 0 Å². The van der Waals surface area contributed by atoms with Crippen LogP contribution in [0, 0.1) is 13.8 Å². The SMILES string of the molecule is Cc1c(C)c2cccnc2c2ncccc12.[Cl][Sn]([Cl])([c]1ccccc1)[c]1ccccc1. The molecule has 0 radical (unpaired) electrons. The Bertz CT molecular complexity index is 1220. The fraction of sp³-hybridized carbons (Fsp3) is 0.0769. The van der Waals surface area contributed by atoms with E-state index >= 15 is 0 Å². The monoisotopic (exact) mass is 552 g/mol. The summed E-state index contributed by atoms with van der Waals surface area (Å²) in [5.74, 6) is 0. The maximum absolute atomic E-state index is 6.56. The maximum atomic E-state index is 6.56. The first-order chi connectivity index (χ1) is 15.0. The number of rotatable bonds is 2. The van der Waals surface area contributed by atoms with Crippen molar-refractivity contribution in [2.45, 2.75) is 13.8 Å². The van der Waals surface area contributed by atoms with Gasteiger partial charge in [0.25, 0.3) is 0 Å². The van der Waals surface area contributed by atoms with E-state index in [1.54, 1.807) is 0 Å². The molecule has 2 nitrogen and oxygen atoms in total. The molecule has 0 aliphatic heterocycles. The summed E-state index contributed by atoms with van der Waals surface area (Å²) in [7, 11) is 13.1. The van der Waals surface area contributed by atoms with Crippen LogP contribution in [0.25, 0.3) is 21.8 Å². The molecule has 0 amide bonds. The number of pyridine rings is 2. The Balaban J connectivity index is 0.000000150. The Morgan fingerprint density at radius 1 is 0.548 bits per heavy atom. The average Bonchev–Trinajstić information content (AvgIpc) is 2.84. The molecule has 0 N–H and O–H groups in total. The van der Waals surface area contributed by atoms with E-state index in [9.17, 15) is 0 Å². The summed E-state index contributed by atoms with van der Waals surface area (Å²) >= 11 is -3.30. The summed E-state index contributed by atoms with van der Waals surface area (Å²) in [6.07, 6.45) is 3.65. The molecule has 0 fully saturated rings. The number of aryl methyl sites for hydroxylation is 2. The average molecular weight is 552 g/mol. The molecule has 0 atom stereocenters. The van der Waals surface area contributed by atoms with Crippen LogP contribution in [0.15, 0.2) is 97.3 Å². The van der Waals surface area contributed by atoms with Crippen molar-refractivity contribution >= 4 is 62.9 Å². The zero-order chi connectivity index (χ0) is 21.8. The third-order valence-corrected chi connectivity index (χ3v) is 17.4. The molecule has 5 rings (SSSR count). The molecule has 5 heteroatoms. The van der Waals surface area contributed by atoms with Crippen molar-refractivity contribution in [1.82, 2.24) is 9.97 Å². The Kier molecular flexibility index (Phi) is 6.80. The van der Waals surface area contributed by atoms with Gasteiger partial charge in [-0.05, 0) is 37.1 Å². The van der Waals surface area contributed by atoms with Gasteiger partial charge >= 0.3 is 102 Å². The third-order valence-electron chi connectivity index (χ3n) is 5.48. The number of nitrogens with zero attached hydrogens (tertiary/aromatic N) is 2. The Morgan fingerprint density at radius 2 is 0.935 bits per heavy atom. The minimum absolute atomic E-state index is 1.00. The number of fused-ring (bicyclic) bond motifs is 3. The molecule has 31 heavy (non-hydrogen) atoms. The molecule has 154 valence electrons. The summed E-state index contributed by atoms with van der Waals surface area (Å²) in [6.45, 7) is 4.29. The van der Waals surface area contributed by atoms with Crippen molar-refractivity contribution in [2.75, 3.05) is 0 Å². The Labute approximate surface area is 194 Å². The van der Waals surface area contributed by atoms with Crippen molar-refractivity contribution in [2.24, 2.45) is 0 Å². The van der Waals surface area contributed by atoms with E-state index in [0.29, 0.717) is 0 Å². The first-order valence-electron chi connectivity index (χ1n) is 10.1. The Hall–Kier alpha value is -2.14. The van der Waals surface area contributed by atoms with E-state index in [-0.39, 0.29) is 0 Å². The summed E-state index contributed by atoms with van der Waals surface area (Å²) in [5.41, 5.74) is 4.59. The summed E-state index contributed by atoms with van der Waals surface area (Å²) < 4.78 is 2.20. The van der Waals surface area contributed by atoms with Crippen LogP contribution in [0.5, 0.6) is 0 Å². The van der Waals surface area contributed by atoms with Gasteiger partial charge in [-0.3, -0.25) is 9.97 Å². The van der Waals surface area contributed by atoms with Crippen LogP contribution >= 0.6 is 17.8 Å². The van der Waals surface area contributed by atoms with Gasteiger partial charge in [-0.15, -0.1) is 0 Å². The van der Waals surface area contributed by atoms with E-state index in [0.717, 1.165) is 18.2 Å². The number of hydrogen-bond donors (Lipinski definition) is 0. The van der Waals surface area contributed by atoms with Gasteiger partial charge in [-0.2, -0.15) is 0 Å². The summed E-state index contributed by atoms with van der Waals surface area (Å²) in [5, 5.41) is 2.40. The first-order valence-corrected chi connectivity index (χ1v) is 20.2. The molecule has 2 heterocycles. The number of hydrogen-bond acceptors (Lipinski definition) is 2. The van der Waals surface area contributed by atoms with Crippen LogP contribution in [0.1, 0.15) is 11.1 Å². The van der Waals surface area contributed by atoms with Gasteiger partial charge in [0.2, 0.25) is 0 Å². The molecule has 0 aliphatic rings. The second-order valence-electron chi connectivity index (χ2n) is 7.36. The van der Waals surface area contributed by atoms with Gasteiger partial charge in [0, 0.05) is 23.2 Å². The van der Waals surface area contributed by atoms with Crippen LogP contribution in [-0.2, 0) is 0 Å². The van der Waals surface area contributed by atoms with E-state index in [4.69, 9.17) is 17.8 Å². The van der Waals surface area contributed by atoms with Crippen molar-refractivity contribution in [3.05, 3.63) is 108 Å². The molecular formula is C26H22Cl2N2Sn. The van der Waals surface area contributed by atoms with Crippen LogP contribution in [-0.4, -0.2) is 26.1 Å². The summed E-state index contributed by atoms with van der Waals surface area (Å²) in [6, 6.07) is 28.1. The van der Waals surface area contributed by atoms with E-state index in [1.807, 2.05) is 85.2 Å². The van der Waals surface area contributed by atoms with Crippen LogP contribution in [0.2, 0.25) is 0 Å². The van der Waals surface area contributed by atoms with Crippen LogP contribution < -0.4 is 7.16 Å². The van der Waals surface area contributed by atoms with Crippen molar-refractivity contribution < 1.29 is 0 Å². The minimum atomic E-state index is -3.30. The second kappa shape index (κ2) is 9.56. The molecule has 0 saturated heterocycles. The normalized spacial score (nSPS) is 11.2. The van der Waals surface area contributed by atoms with Crippen LogP contribution in [0.4, 0.5) is 0 Å². The zero-order valence-corrected chi connectivity index (χ0v) is 21.8. The summed E-state index contributed by atoms with van der Waals surface area (Å²) in [4.78, 5) is 8.90. The van der Waals surface area contributed by atoms with E-state index in [2.05, 4.69) is 35.9 Å². The third kappa shape index (κ3) is 4.57. The molecule has 0 spiro atoms. The molecule has 2 aromatic heterocycles. The molecular weight excluding hydrogens is 530 g/mol. The molecule has 0 bridgehead atoms. The van der Waals surface area contributed by atoms with Gasteiger partial charge in [0.15, 0.2) is 0 Å². The van der Waals surface area contributed by atoms with Gasteiger partial charge < -0.3 is 0 Å². The second-order valence-corrected chi connectivity index (χ2v) is 22.8. The zero-order valence-electron chi connectivity index (χ0n) is 17.4. The van der Waals surface area contributed by atoms with E-state index in [1.165, 1.54) is 21.9 Å². The predicted molar refractivity (Wildman–Crippen MR) is 136 cm³/mol. The first kappa shape index (κ1) is 22.1. The molecule has 0 unspecified atom stereocenters. The fourth-order valence-corrected chi connectivity index (χ4v) is 11.5. The van der Waals surface area contributed by atoms with Gasteiger partial charge in [0.05, 0.1) is 11.0 Å². The van der Waals surface area contributed by atoms with E-state index < -0.39 is 16.1 Å². The van der Waals surface area contributed by atoms with Crippen molar-refractivity contribution in [3.8, 4) is 0 Å². The fourth-order valence-electron chi connectivity index (χ4n) is 3.66. The topological polar surface area (TPSA) is 25.8 Å². The van der Waals surface area contributed by atoms with Crippen molar-refractivity contribution in [3.63, 3.8) is 0 Å². The van der Waals surface area contributed by atoms with Gasteiger partial charge in [0.1, 0.15) is 0 Å². The molecule has 0 aliphatic carbocycles.